The minimum absolute atomic E-state index is 0.271. The van der Waals surface area contributed by atoms with Gasteiger partial charge in [-0.15, -0.1) is 0 Å². The number of carbonyl (C=O) groups is 2. The number of nitrogens with one attached hydrogen (secondary N) is 2. The summed E-state index contributed by atoms with van der Waals surface area (Å²) in [6, 6.07) is 4.85. The SMILES string of the molecule is Cc1ccc(NC(=O)CCNC(=O)C(F)(F)F)cc1Cl. The molecule has 0 radical (unpaired) electrons. The van der Waals surface area contributed by atoms with E-state index in [1.165, 1.54) is 6.07 Å². The van der Waals surface area contributed by atoms with Gasteiger partial charge in [0.1, 0.15) is 0 Å². The lowest BCUT2D eigenvalue weighted by atomic mass is 10.2. The van der Waals surface area contributed by atoms with Gasteiger partial charge in [-0.2, -0.15) is 13.2 Å². The summed E-state index contributed by atoms with van der Waals surface area (Å²) < 4.78 is 35.6. The van der Waals surface area contributed by atoms with E-state index in [-0.39, 0.29) is 6.42 Å². The number of rotatable bonds is 4. The van der Waals surface area contributed by atoms with Crippen LogP contribution in [-0.2, 0) is 9.59 Å². The zero-order valence-corrected chi connectivity index (χ0v) is 11.2. The second kappa shape index (κ2) is 6.60. The first-order valence-electron chi connectivity index (χ1n) is 5.61. The van der Waals surface area contributed by atoms with Crippen LogP contribution in [-0.4, -0.2) is 24.5 Å². The molecule has 20 heavy (non-hydrogen) atoms. The van der Waals surface area contributed by atoms with Crippen LogP contribution in [0.5, 0.6) is 0 Å². The topological polar surface area (TPSA) is 58.2 Å². The number of benzene rings is 1. The Kier molecular flexibility index (Phi) is 5.38. The summed E-state index contributed by atoms with van der Waals surface area (Å²) in [6.45, 7) is 1.39. The number of carbonyl (C=O) groups excluding carboxylic acids is 2. The number of halogens is 4. The van der Waals surface area contributed by atoms with Gasteiger partial charge in [0.15, 0.2) is 0 Å². The third-order valence-electron chi connectivity index (χ3n) is 2.35. The molecule has 0 saturated heterocycles. The molecular weight excluding hydrogens is 297 g/mol. The van der Waals surface area contributed by atoms with Gasteiger partial charge in [-0.05, 0) is 24.6 Å². The van der Waals surface area contributed by atoms with E-state index in [2.05, 4.69) is 5.32 Å². The highest BCUT2D eigenvalue weighted by atomic mass is 35.5. The molecule has 2 N–H and O–H groups in total. The summed E-state index contributed by atoms with van der Waals surface area (Å²) in [5.74, 6) is -2.59. The lowest BCUT2D eigenvalue weighted by Gasteiger charge is -2.09. The molecule has 1 aromatic rings. The Labute approximate surface area is 118 Å². The van der Waals surface area contributed by atoms with Crippen molar-refractivity contribution in [1.29, 1.82) is 0 Å². The Morgan fingerprint density at radius 3 is 2.50 bits per heavy atom. The van der Waals surface area contributed by atoms with Crippen LogP contribution in [0.3, 0.4) is 0 Å². The summed E-state index contributed by atoms with van der Waals surface area (Å²) in [4.78, 5) is 22.0. The predicted octanol–water partition coefficient (Wildman–Crippen LogP) is 2.66. The minimum Gasteiger partial charge on any atom is -0.348 e. The van der Waals surface area contributed by atoms with Crippen LogP contribution in [0, 0.1) is 6.92 Å². The van der Waals surface area contributed by atoms with Crippen LogP contribution in [0.25, 0.3) is 0 Å². The highest BCUT2D eigenvalue weighted by Crippen LogP contribution is 2.20. The average Bonchev–Trinajstić information content (AvgIpc) is 2.32. The van der Waals surface area contributed by atoms with Crippen molar-refractivity contribution in [3.8, 4) is 0 Å². The summed E-state index contributed by atoms with van der Waals surface area (Å²) >= 11 is 5.86. The van der Waals surface area contributed by atoms with E-state index in [4.69, 9.17) is 11.6 Å². The van der Waals surface area contributed by atoms with Crippen LogP contribution < -0.4 is 10.6 Å². The maximum atomic E-state index is 11.9. The van der Waals surface area contributed by atoms with Crippen molar-refractivity contribution in [2.45, 2.75) is 19.5 Å². The van der Waals surface area contributed by atoms with Gasteiger partial charge >= 0.3 is 12.1 Å². The van der Waals surface area contributed by atoms with Crippen molar-refractivity contribution in [2.24, 2.45) is 0 Å². The maximum Gasteiger partial charge on any atom is 0.471 e. The highest BCUT2D eigenvalue weighted by molar-refractivity contribution is 6.31. The van der Waals surface area contributed by atoms with E-state index in [0.717, 1.165) is 5.56 Å². The molecule has 0 aliphatic rings. The van der Waals surface area contributed by atoms with E-state index in [1.807, 2.05) is 0 Å². The molecule has 8 heteroatoms. The Balaban J connectivity index is 2.41. The molecule has 2 amide bonds. The van der Waals surface area contributed by atoms with Crippen LogP contribution in [0.1, 0.15) is 12.0 Å². The molecule has 0 unspecified atom stereocenters. The monoisotopic (exact) mass is 308 g/mol. The van der Waals surface area contributed by atoms with Crippen molar-refractivity contribution in [3.63, 3.8) is 0 Å². The molecule has 0 bridgehead atoms. The Bertz CT molecular complexity index is 518. The quantitative estimate of drug-likeness (QED) is 0.898. The summed E-state index contributed by atoms with van der Waals surface area (Å²) in [7, 11) is 0. The van der Waals surface area contributed by atoms with E-state index in [9.17, 15) is 22.8 Å². The number of alkyl halides is 3. The molecule has 0 saturated carbocycles. The Morgan fingerprint density at radius 1 is 1.30 bits per heavy atom. The predicted molar refractivity (Wildman–Crippen MR) is 68.5 cm³/mol. The molecule has 0 spiro atoms. The molecule has 0 atom stereocenters. The standard InChI is InChI=1S/C12H12ClF3N2O2/c1-7-2-3-8(6-9(7)13)18-10(19)4-5-17-11(20)12(14,15)16/h2-3,6H,4-5H2,1H3,(H,17,20)(H,18,19). The molecule has 0 heterocycles. The van der Waals surface area contributed by atoms with Gasteiger partial charge in [0.2, 0.25) is 5.91 Å². The summed E-state index contributed by atoms with van der Waals surface area (Å²) in [5, 5.41) is 4.54. The molecular formula is C12H12ClF3N2O2. The number of hydrogen-bond acceptors (Lipinski definition) is 2. The molecule has 1 rings (SSSR count). The third kappa shape index (κ3) is 5.08. The fourth-order valence-electron chi connectivity index (χ4n) is 1.28. The van der Waals surface area contributed by atoms with Crippen LogP contribution >= 0.6 is 11.6 Å². The molecule has 4 nitrogen and oxygen atoms in total. The van der Waals surface area contributed by atoms with E-state index >= 15 is 0 Å². The number of amides is 2. The number of hydrogen-bond donors (Lipinski definition) is 2. The molecule has 110 valence electrons. The van der Waals surface area contributed by atoms with Gasteiger partial charge in [-0.3, -0.25) is 9.59 Å². The first kappa shape index (κ1) is 16.3. The smallest absolute Gasteiger partial charge is 0.348 e. The first-order valence-corrected chi connectivity index (χ1v) is 5.99. The minimum atomic E-state index is -4.94. The second-order valence-electron chi connectivity index (χ2n) is 4.02. The lowest BCUT2D eigenvalue weighted by Crippen LogP contribution is -2.38. The Morgan fingerprint density at radius 2 is 1.95 bits per heavy atom. The van der Waals surface area contributed by atoms with Gasteiger partial charge in [-0.25, -0.2) is 0 Å². The van der Waals surface area contributed by atoms with Crippen LogP contribution in [0.4, 0.5) is 18.9 Å². The highest BCUT2D eigenvalue weighted by Gasteiger charge is 2.38. The van der Waals surface area contributed by atoms with E-state index in [1.54, 1.807) is 24.4 Å². The summed E-state index contributed by atoms with van der Waals surface area (Å²) in [6.07, 6.45) is -5.21. The maximum absolute atomic E-state index is 11.9. The van der Waals surface area contributed by atoms with Crippen molar-refractivity contribution < 1.29 is 22.8 Å². The van der Waals surface area contributed by atoms with Crippen molar-refractivity contribution in [1.82, 2.24) is 5.32 Å². The van der Waals surface area contributed by atoms with Crippen molar-refractivity contribution in [3.05, 3.63) is 28.8 Å². The lowest BCUT2D eigenvalue weighted by molar-refractivity contribution is -0.173. The van der Waals surface area contributed by atoms with E-state index < -0.39 is 24.5 Å². The molecule has 0 fully saturated rings. The van der Waals surface area contributed by atoms with Gasteiger partial charge in [0.05, 0.1) is 0 Å². The second-order valence-corrected chi connectivity index (χ2v) is 4.42. The normalized spacial score (nSPS) is 11.1. The first-order chi connectivity index (χ1) is 9.20. The van der Waals surface area contributed by atoms with Gasteiger partial charge in [0, 0.05) is 23.7 Å². The zero-order valence-electron chi connectivity index (χ0n) is 10.5. The fraction of sp³-hybridized carbons (Fsp3) is 0.333. The largest absolute Gasteiger partial charge is 0.471 e. The van der Waals surface area contributed by atoms with Crippen LogP contribution in [0.15, 0.2) is 18.2 Å². The number of anilines is 1. The van der Waals surface area contributed by atoms with Crippen LogP contribution in [0.2, 0.25) is 5.02 Å². The van der Waals surface area contributed by atoms with Gasteiger partial charge in [0.25, 0.3) is 0 Å². The Hall–Kier alpha value is -1.76. The molecule has 1 aromatic carbocycles. The molecule has 0 aromatic heterocycles. The zero-order chi connectivity index (χ0) is 15.3. The van der Waals surface area contributed by atoms with Crippen molar-refractivity contribution in [2.75, 3.05) is 11.9 Å². The molecule has 0 aliphatic heterocycles. The third-order valence-corrected chi connectivity index (χ3v) is 2.76. The average molecular weight is 309 g/mol. The van der Waals surface area contributed by atoms with E-state index in [0.29, 0.717) is 10.7 Å². The summed E-state index contributed by atoms with van der Waals surface area (Å²) in [5.41, 5.74) is 1.27. The van der Waals surface area contributed by atoms with Gasteiger partial charge in [-0.1, -0.05) is 17.7 Å². The van der Waals surface area contributed by atoms with Gasteiger partial charge < -0.3 is 10.6 Å². The number of aryl methyl sites for hydroxylation is 1. The molecule has 0 aliphatic carbocycles. The van der Waals surface area contributed by atoms with Crippen molar-refractivity contribution >= 4 is 29.1 Å². The fourth-order valence-corrected chi connectivity index (χ4v) is 1.46.